The molecule has 14 nitrogen and oxygen atoms in total. The van der Waals surface area contributed by atoms with E-state index >= 15 is 0 Å². The SMILES string of the molecule is CSc1ncc(C)c(-c2cn(COCC[Si](C)(C)C)c3nc(-c4nc(C)ns4)ccc23)n1.CSc1ncc(C)c(Cl)n1.Cc1nsc(-c2ccc3c(C)cn(COCC[Si](C)(C)C)c3n2)n1. The van der Waals surface area contributed by atoms with Crippen LogP contribution < -0.4 is 0 Å². The lowest BCUT2D eigenvalue weighted by atomic mass is 10.1. The van der Waals surface area contributed by atoms with Crippen LogP contribution >= 0.6 is 58.2 Å². The molecule has 0 aliphatic rings. The van der Waals surface area contributed by atoms with Gasteiger partial charge in [0.25, 0.3) is 0 Å². The first-order valence-electron chi connectivity index (χ1n) is 21.5. The molecule has 66 heavy (non-hydrogen) atoms. The number of thioether (sulfide) groups is 2. The zero-order chi connectivity index (χ0) is 47.8. The third-order valence-electron chi connectivity index (χ3n) is 10.0. The molecule has 0 aliphatic heterocycles. The summed E-state index contributed by atoms with van der Waals surface area (Å²) in [7, 11) is -2.21. The van der Waals surface area contributed by atoms with Crippen LogP contribution in [-0.2, 0) is 22.9 Å². The van der Waals surface area contributed by atoms with Gasteiger partial charge in [0.05, 0.1) is 5.69 Å². The number of ether oxygens (including phenoxy) is 2. The molecule has 8 aromatic heterocycles. The predicted octanol–water partition coefficient (Wildman–Crippen LogP) is 12.3. The summed E-state index contributed by atoms with van der Waals surface area (Å²) in [4.78, 5) is 35.9. The zero-order valence-corrected chi connectivity index (χ0v) is 46.1. The van der Waals surface area contributed by atoms with E-state index in [4.69, 9.17) is 36.0 Å². The van der Waals surface area contributed by atoms with Gasteiger partial charge in [0, 0.05) is 76.0 Å². The summed E-state index contributed by atoms with van der Waals surface area (Å²) in [6.07, 6.45) is 11.7. The number of halogens is 1. The maximum Gasteiger partial charge on any atom is 0.188 e. The molecule has 0 N–H and O–H groups in total. The van der Waals surface area contributed by atoms with Gasteiger partial charge in [-0.15, -0.1) is 0 Å². The van der Waals surface area contributed by atoms with E-state index < -0.39 is 16.1 Å². The summed E-state index contributed by atoms with van der Waals surface area (Å²) in [5, 5.41) is 5.90. The molecule has 0 saturated heterocycles. The number of rotatable bonds is 15. The Bertz CT molecular complexity index is 2890. The number of nitrogens with zero attached hydrogens (tertiary/aromatic N) is 12. The van der Waals surface area contributed by atoms with Crippen molar-refractivity contribution in [1.82, 2.24) is 57.8 Å². The highest BCUT2D eigenvalue weighted by Gasteiger charge is 2.19. The van der Waals surface area contributed by atoms with Crippen molar-refractivity contribution in [3.05, 3.63) is 82.5 Å². The molecule has 0 aromatic carbocycles. The van der Waals surface area contributed by atoms with Gasteiger partial charge in [-0.1, -0.05) is 74.4 Å². The molecule has 0 radical (unpaired) electrons. The third-order valence-corrected chi connectivity index (χ3v) is 16.6. The van der Waals surface area contributed by atoms with Gasteiger partial charge in [0.2, 0.25) is 0 Å². The van der Waals surface area contributed by atoms with E-state index in [2.05, 4.69) is 114 Å². The van der Waals surface area contributed by atoms with E-state index in [-0.39, 0.29) is 0 Å². The van der Waals surface area contributed by atoms with Crippen LogP contribution in [0.3, 0.4) is 0 Å². The normalized spacial score (nSPS) is 11.8. The highest BCUT2D eigenvalue weighted by molar-refractivity contribution is 7.98. The van der Waals surface area contributed by atoms with E-state index in [0.717, 1.165) is 107 Å². The number of hydrogen-bond acceptors (Lipinski definition) is 16. The molecule has 350 valence electrons. The van der Waals surface area contributed by atoms with Crippen LogP contribution in [-0.4, -0.2) is 99.6 Å². The standard InChI is InChI=1S/C22H28N6OS2Si.C17H24N4OSSi.C6H7ClN2S/c1-14-11-23-22(30-3)26-19(14)17-12-28(13-29-9-10-32(4,5)6)20-16(17)7-8-18(25-20)21-24-15(2)27-31-21;1-12-10-21(11-22-8-9-24(3,4)5)16-14(12)6-7-15(19-16)17-18-13(2)20-23-17;1-4-3-8-6(10-2)9-5(4)7/h7-8,11-12H,9-10,13H2,1-6H3;6-7,10H,8-9,11H2,1-5H3;3H,1-2H3. The van der Waals surface area contributed by atoms with Gasteiger partial charge in [-0.2, -0.15) is 8.75 Å². The van der Waals surface area contributed by atoms with Gasteiger partial charge >= 0.3 is 0 Å². The van der Waals surface area contributed by atoms with Crippen molar-refractivity contribution in [1.29, 1.82) is 0 Å². The van der Waals surface area contributed by atoms with Crippen LogP contribution in [0.15, 0.2) is 59.4 Å². The van der Waals surface area contributed by atoms with Crippen molar-refractivity contribution in [2.24, 2.45) is 0 Å². The second-order valence-electron chi connectivity index (χ2n) is 18.1. The van der Waals surface area contributed by atoms with Crippen LogP contribution in [0.4, 0.5) is 0 Å². The second kappa shape index (κ2) is 22.9. The predicted molar refractivity (Wildman–Crippen MR) is 281 cm³/mol. The van der Waals surface area contributed by atoms with Crippen molar-refractivity contribution in [2.45, 2.75) is 110 Å². The Morgan fingerprint density at radius 2 is 1.08 bits per heavy atom. The molecule has 0 fully saturated rings. The first-order valence-corrected chi connectivity index (χ1v) is 33.3. The van der Waals surface area contributed by atoms with Gasteiger partial charge in [-0.25, -0.2) is 39.9 Å². The second-order valence-corrected chi connectivity index (χ2v) is 32.8. The fourth-order valence-electron chi connectivity index (χ4n) is 6.31. The molecule has 0 aliphatic carbocycles. The molecule has 0 atom stereocenters. The molecule has 0 spiro atoms. The Balaban J connectivity index is 0.000000185. The zero-order valence-electron chi connectivity index (χ0n) is 40.1. The van der Waals surface area contributed by atoms with Gasteiger partial charge < -0.3 is 18.6 Å². The molecular weight excluding hydrogens is 960 g/mol. The minimum absolute atomic E-state index is 0.450. The monoisotopic (exact) mass is 1020 g/mol. The molecule has 0 bridgehead atoms. The summed E-state index contributed by atoms with van der Waals surface area (Å²) < 4.78 is 24.7. The fraction of sp³-hybridized carbons (Fsp3) is 0.422. The first-order chi connectivity index (χ1) is 31.3. The minimum atomic E-state index is -1.15. The number of aromatic nitrogens is 12. The molecule has 8 heterocycles. The van der Waals surface area contributed by atoms with Gasteiger partial charge in [0.1, 0.15) is 52.9 Å². The van der Waals surface area contributed by atoms with Crippen LogP contribution in [0.5, 0.6) is 0 Å². The van der Waals surface area contributed by atoms with E-state index in [1.54, 1.807) is 18.0 Å². The van der Waals surface area contributed by atoms with E-state index in [1.807, 2.05) is 58.5 Å². The number of fused-ring (bicyclic) bond motifs is 2. The molecule has 0 amide bonds. The summed E-state index contributed by atoms with van der Waals surface area (Å²) in [5.74, 6) is 1.55. The van der Waals surface area contributed by atoms with Crippen molar-refractivity contribution in [2.75, 3.05) is 25.7 Å². The number of pyridine rings is 2. The Kier molecular flexibility index (Phi) is 17.8. The van der Waals surface area contributed by atoms with Gasteiger partial charge in [0.15, 0.2) is 20.3 Å². The minimum Gasteiger partial charge on any atom is -0.361 e. The highest BCUT2D eigenvalue weighted by Crippen LogP contribution is 2.34. The molecule has 21 heteroatoms. The average molecular weight is 1020 g/mol. The summed E-state index contributed by atoms with van der Waals surface area (Å²) in [5.41, 5.74) is 8.63. The van der Waals surface area contributed by atoms with E-state index in [1.165, 1.54) is 46.4 Å². The summed E-state index contributed by atoms with van der Waals surface area (Å²) in [6, 6.07) is 10.5. The van der Waals surface area contributed by atoms with Crippen LogP contribution in [0.1, 0.15) is 28.3 Å². The Hall–Kier alpha value is -4.00. The maximum atomic E-state index is 6.07. The fourth-order valence-corrected chi connectivity index (χ4v) is 9.97. The molecule has 0 unspecified atom stereocenters. The lowest BCUT2D eigenvalue weighted by Gasteiger charge is -2.15. The van der Waals surface area contributed by atoms with Crippen molar-refractivity contribution >= 4 is 96.4 Å². The van der Waals surface area contributed by atoms with Gasteiger partial charge in [-0.3, -0.25) is 0 Å². The molecule has 8 aromatic rings. The topological polar surface area (TPSA) is 157 Å². The Labute approximate surface area is 411 Å². The van der Waals surface area contributed by atoms with Crippen molar-refractivity contribution < 1.29 is 9.47 Å². The number of aryl methyl sites for hydroxylation is 5. The summed E-state index contributed by atoms with van der Waals surface area (Å²) in [6.45, 7) is 26.6. The molecule has 0 saturated carbocycles. The van der Waals surface area contributed by atoms with Crippen molar-refractivity contribution in [3.8, 4) is 32.7 Å². The maximum absolute atomic E-state index is 6.07. The summed E-state index contributed by atoms with van der Waals surface area (Å²) >= 11 is 11.5. The Morgan fingerprint density at radius 1 is 0.591 bits per heavy atom. The van der Waals surface area contributed by atoms with E-state index in [9.17, 15) is 0 Å². The highest BCUT2D eigenvalue weighted by atomic mass is 35.5. The lowest BCUT2D eigenvalue weighted by molar-refractivity contribution is 0.0898. The van der Waals surface area contributed by atoms with Crippen molar-refractivity contribution in [3.63, 3.8) is 0 Å². The largest absolute Gasteiger partial charge is 0.361 e. The quantitative estimate of drug-likeness (QED) is 0.0314. The Morgan fingerprint density at radius 3 is 1.56 bits per heavy atom. The van der Waals surface area contributed by atoms with Gasteiger partial charge in [-0.05, 0) is 118 Å². The van der Waals surface area contributed by atoms with E-state index in [0.29, 0.717) is 18.6 Å². The average Bonchev–Trinajstić information content (AvgIpc) is 4.07. The molecular formula is C45H59ClN12O2S4Si2. The number of hydrogen-bond donors (Lipinski definition) is 0. The van der Waals surface area contributed by atoms with Crippen LogP contribution in [0.25, 0.3) is 54.7 Å². The van der Waals surface area contributed by atoms with Crippen LogP contribution in [0, 0.1) is 34.6 Å². The first kappa shape index (κ1) is 51.4. The van der Waals surface area contributed by atoms with Crippen LogP contribution in [0.2, 0.25) is 56.5 Å². The smallest absolute Gasteiger partial charge is 0.188 e. The molecule has 8 rings (SSSR count). The lowest BCUT2D eigenvalue weighted by Crippen LogP contribution is -2.22. The third kappa shape index (κ3) is 14.0.